The van der Waals surface area contributed by atoms with Crippen molar-refractivity contribution in [2.75, 3.05) is 43.9 Å². The van der Waals surface area contributed by atoms with Crippen molar-refractivity contribution >= 4 is 47.1 Å². The second kappa shape index (κ2) is 17.4. The van der Waals surface area contributed by atoms with Crippen LogP contribution in [0.4, 0.5) is 18.9 Å². The van der Waals surface area contributed by atoms with Crippen LogP contribution in [0, 0.1) is 0 Å². The molecule has 0 radical (unpaired) electrons. The number of halogens is 4. The lowest BCUT2D eigenvalue weighted by Crippen LogP contribution is -2.31. The van der Waals surface area contributed by atoms with Crippen LogP contribution in [0.25, 0.3) is 0 Å². The Morgan fingerprint density at radius 3 is 2.61 bits per heavy atom. The number of hydrogen-bond acceptors (Lipinski definition) is 7. The van der Waals surface area contributed by atoms with Gasteiger partial charge in [0.1, 0.15) is 5.75 Å². The van der Waals surface area contributed by atoms with E-state index in [0.29, 0.717) is 29.4 Å². The van der Waals surface area contributed by atoms with Gasteiger partial charge in [0.2, 0.25) is 0 Å². The van der Waals surface area contributed by atoms with E-state index in [9.17, 15) is 22.8 Å². The Hall–Kier alpha value is -3.58. The number of aliphatic hydroxyl groups excluding tert-OH is 1. The first-order valence-electron chi connectivity index (χ1n) is 14.9. The third-order valence-electron chi connectivity index (χ3n) is 7.19. The maximum absolute atomic E-state index is 13.3. The average molecular weight is 677 g/mol. The summed E-state index contributed by atoms with van der Waals surface area (Å²) in [6.45, 7) is 3.57. The number of carbonyl (C=O) groups excluding carboxylic acids is 2. The summed E-state index contributed by atoms with van der Waals surface area (Å²) in [5, 5.41) is 15.2. The van der Waals surface area contributed by atoms with Gasteiger partial charge in [-0.3, -0.25) is 9.59 Å². The molecule has 0 unspecified atom stereocenters. The molecule has 3 aromatic rings. The van der Waals surface area contributed by atoms with Gasteiger partial charge in [0.25, 0.3) is 11.8 Å². The second-order valence-corrected chi connectivity index (χ2v) is 12.2. The third-order valence-corrected chi connectivity index (χ3v) is 8.53. The number of piperidine rings is 1. The van der Waals surface area contributed by atoms with Crippen LogP contribution in [0.1, 0.15) is 63.1 Å². The molecule has 2 amide bonds. The van der Waals surface area contributed by atoms with Gasteiger partial charge < -0.3 is 20.1 Å². The quantitative estimate of drug-likeness (QED) is 0.0980. The van der Waals surface area contributed by atoms with Gasteiger partial charge >= 0.3 is 6.18 Å². The highest BCUT2D eigenvalue weighted by atomic mass is 35.5. The maximum atomic E-state index is 13.3. The minimum atomic E-state index is -4.65. The number of alkyl halides is 3. The second-order valence-electron chi connectivity index (χ2n) is 10.7. The Morgan fingerprint density at radius 1 is 1.04 bits per heavy atom. The van der Waals surface area contributed by atoms with Crippen LogP contribution in [-0.4, -0.2) is 66.6 Å². The standard InChI is InChI=1S/C33H36ClF3N4O4S/c34-29-10-8-23(19-28(29)33(35,36)37)21-38-40-32(44)27-20-26(45-16-5-14-41-12-2-1-3-13-41)9-11-30(27)39-31(43)25-7-4-6-24(18-25)22-46-17-15-42/h4,6-11,18-21,42H,1-3,5,12-17,22H2,(H,39,43)(H,40,44)/b38-21+. The molecule has 1 aliphatic heterocycles. The molecule has 0 bridgehead atoms. The number of anilines is 1. The molecule has 0 aliphatic carbocycles. The number of carbonyl (C=O) groups is 2. The zero-order valence-electron chi connectivity index (χ0n) is 25.1. The lowest BCUT2D eigenvalue weighted by molar-refractivity contribution is -0.137. The van der Waals surface area contributed by atoms with E-state index in [-0.39, 0.29) is 23.4 Å². The molecular weight excluding hydrogens is 641 g/mol. The number of ether oxygens (including phenoxy) is 1. The third kappa shape index (κ3) is 10.8. The number of nitrogens with one attached hydrogen (secondary N) is 2. The fourth-order valence-electron chi connectivity index (χ4n) is 4.89. The molecule has 246 valence electrons. The molecular formula is C33H36ClF3N4O4S. The molecule has 1 saturated heterocycles. The molecule has 4 rings (SSSR count). The van der Waals surface area contributed by atoms with Crippen LogP contribution in [0.15, 0.2) is 65.8 Å². The number of hydrogen-bond donors (Lipinski definition) is 3. The van der Waals surface area contributed by atoms with Gasteiger partial charge in [0.05, 0.1) is 41.3 Å². The lowest BCUT2D eigenvalue weighted by atomic mass is 10.1. The summed E-state index contributed by atoms with van der Waals surface area (Å²) in [5.41, 5.74) is 2.93. The Kier molecular flexibility index (Phi) is 13.3. The van der Waals surface area contributed by atoms with Crippen molar-refractivity contribution in [3.63, 3.8) is 0 Å². The summed E-state index contributed by atoms with van der Waals surface area (Å²) in [6.07, 6.45) is 0.881. The molecule has 0 saturated carbocycles. The number of benzene rings is 3. The topological polar surface area (TPSA) is 103 Å². The minimum absolute atomic E-state index is 0.0563. The first-order chi connectivity index (χ1) is 22.1. The van der Waals surface area contributed by atoms with Gasteiger partial charge in [-0.25, -0.2) is 5.43 Å². The number of rotatable bonds is 14. The molecule has 0 spiro atoms. The number of thioether (sulfide) groups is 1. The number of likely N-dealkylation sites (tertiary alicyclic amines) is 1. The fraction of sp³-hybridized carbons (Fsp3) is 0.364. The Balaban J connectivity index is 1.48. The van der Waals surface area contributed by atoms with E-state index in [1.807, 2.05) is 6.07 Å². The highest BCUT2D eigenvalue weighted by molar-refractivity contribution is 7.98. The zero-order valence-corrected chi connectivity index (χ0v) is 26.7. The Bertz CT molecular complexity index is 1520. The molecule has 8 nitrogen and oxygen atoms in total. The predicted molar refractivity (Wildman–Crippen MR) is 176 cm³/mol. The van der Waals surface area contributed by atoms with Crippen LogP contribution in [0.2, 0.25) is 5.02 Å². The van der Waals surface area contributed by atoms with Crippen molar-refractivity contribution in [1.82, 2.24) is 10.3 Å². The molecule has 1 aliphatic rings. The van der Waals surface area contributed by atoms with Gasteiger partial charge in [0, 0.05) is 23.6 Å². The summed E-state index contributed by atoms with van der Waals surface area (Å²) in [4.78, 5) is 28.9. The van der Waals surface area contributed by atoms with Gasteiger partial charge in [-0.2, -0.15) is 30.0 Å². The van der Waals surface area contributed by atoms with Crippen molar-refractivity contribution < 1.29 is 32.6 Å². The summed E-state index contributed by atoms with van der Waals surface area (Å²) in [7, 11) is 0. The van der Waals surface area contributed by atoms with E-state index in [0.717, 1.165) is 50.0 Å². The number of nitrogens with zero attached hydrogens (tertiary/aromatic N) is 2. The van der Waals surface area contributed by atoms with Crippen molar-refractivity contribution in [2.45, 2.75) is 37.6 Å². The monoisotopic (exact) mass is 676 g/mol. The van der Waals surface area contributed by atoms with Crippen LogP contribution in [-0.2, 0) is 11.9 Å². The van der Waals surface area contributed by atoms with Crippen molar-refractivity contribution in [2.24, 2.45) is 5.10 Å². The van der Waals surface area contributed by atoms with Gasteiger partial charge in [-0.1, -0.05) is 36.2 Å². The van der Waals surface area contributed by atoms with E-state index < -0.39 is 28.6 Å². The molecule has 0 atom stereocenters. The summed E-state index contributed by atoms with van der Waals surface area (Å²) < 4.78 is 45.7. The SMILES string of the molecule is O=C(Nc1ccc(OCCCN2CCCCC2)cc1C(=O)N/N=C/c1ccc(Cl)c(C(F)(F)F)c1)c1cccc(CSCCO)c1. The summed E-state index contributed by atoms with van der Waals surface area (Å²) >= 11 is 7.23. The van der Waals surface area contributed by atoms with Gasteiger partial charge in [-0.15, -0.1) is 0 Å². The average Bonchev–Trinajstić information content (AvgIpc) is 3.04. The van der Waals surface area contributed by atoms with E-state index >= 15 is 0 Å². The zero-order chi connectivity index (χ0) is 32.9. The first kappa shape index (κ1) is 35.3. The van der Waals surface area contributed by atoms with Crippen LogP contribution >= 0.6 is 23.4 Å². The molecule has 0 aromatic heterocycles. The van der Waals surface area contributed by atoms with Gasteiger partial charge in [-0.05, 0) is 85.9 Å². The molecule has 1 heterocycles. The number of hydrazone groups is 1. The molecule has 46 heavy (non-hydrogen) atoms. The van der Waals surface area contributed by atoms with Crippen LogP contribution in [0.3, 0.4) is 0 Å². The number of amides is 2. The van der Waals surface area contributed by atoms with E-state index in [4.69, 9.17) is 21.4 Å². The molecule has 1 fully saturated rings. The van der Waals surface area contributed by atoms with Crippen molar-refractivity contribution in [1.29, 1.82) is 0 Å². The Labute approximate surface area is 275 Å². The van der Waals surface area contributed by atoms with E-state index in [1.165, 1.54) is 43.2 Å². The smallest absolute Gasteiger partial charge is 0.417 e. The molecule has 3 aromatic carbocycles. The van der Waals surface area contributed by atoms with Crippen LogP contribution < -0.4 is 15.5 Å². The first-order valence-corrected chi connectivity index (χ1v) is 16.5. The lowest BCUT2D eigenvalue weighted by Gasteiger charge is -2.26. The normalized spacial score (nSPS) is 13.9. The Morgan fingerprint density at radius 2 is 1.85 bits per heavy atom. The minimum Gasteiger partial charge on any atom is -0.494 e. The highest BCUT2D eigenvalue weighted by Gasteiger charge is 2.33. The maximum Gasteiger partial charge on any atom is 0.417 e. The largest absolute Gasteiger partial charge is 0.494 e. The number of aliphatic hydroxyl groups is 1. The molecule has 3 N–H and O–H groups in total. The van der Waals surface area contributed by atoms with Crippen LogP contribution in [0.5, 0.6) is 5.75 Å². The summed E-state index contributed by atoms with van der Waals surface area (Å²) in [6, 6.07) is 15.0. The van der Waals surface area contributed by atoms with Crippen molar-refractivity contribution in [3.05, 3.63) is 93.5 Å². The van der Waals surface area contributed by atoms with E-state index in [2.05, 4.69) is 20.7 Å². The fourth-order valence-corrected chi connectivity index (χ4v) is 5.80. The highest BCUT2D eigenvalue weighted by Crippen LogP contribution is 2.35. The predicted octanol–water partition coefficient (Wildman–Crippen LogP) is 6.86. The van der Waals surface area contributed by atoms with E-state index in [1.54, 1.807) is 30.3 Å². The van der Waals surface area contributed by atoms with Gasteiger partial charge in [0.15, 0.2) is 0 Å². The molecule has 13 heteroatoms. The summed E-state index contributed by atoms with van der Waals surface area (Å²) in [5.74, 6) is 0.467. The van der Waals surface area contributed by atoms with Crippen molar-refractivity contribution in [3.8, 4) is 5.75 Å².